The van der Waals surface area contributed by atoms with Gasteiger partial charge >= 0.3 is 0 Å². The molecule has 0 aliphatic heterocycles. The van der Waals surface area contributed by atoms with Crippen LogP contribution in [0.5, 0.6) is 0 Å². The smallest absolute Gasteiger partial charge is 0.221 e. The zero-order valence-electron chi connectivity index (χ0n) is 10.8. The number of rotatable bonds is 4. The van der Waals surface area contributed by atoms with Crippen molar-refractivity contribution in [3.63, 3.8) is 0 Å². The monoisotopic (exact) mass is 271 g/mol. The summed E-state index contributed by atoms with van der Waals surface area (Å²) < 4.78 is 1.54. The molecule has 0 aliphatic rings. The third kappa shape index (κ3) is 2.28. The Hall–Kier alpha value is -2.61. The fraction of sp³-hybridized carbons (Fsp3) is 0.250. The fourth-order valence-electron chi connectivity index (χ4n) is 1.96. The van der Waals surface area contributed by atoms with Crippen molar-refractivity contribution in [2.45, 2.75) is 6.10 Å². The number of aliphatic hydroxyl groups excluding tert-OH is 1. The summed E-state index contributed by atoms with van der Waals surface area (Å²) in [7, 11) is 1.83. The van der Waals surface area contributed by atoms with Crippen molar-refractivity contribution < 1.29 is 5.11 Å². The molecule has 0 bridgehead atoms. The molecule has 0 saturated carbocycles. The number of aromatic nitrogens is 6. The maximum Gasteiger partial charge on any atom is 0.221 e. The average Bonchev–Trinajstić information content (AvgIpc) is 2.96. The van der Waals surface area contributed by atoms with Crippen LogP contribution in [0.15, 0.2) is 36.9 Å². The van der Waals surface area contributed by atoms with Gasteiger partial charge in [-0.1, -0.05) is 6.07 Å². The van der Waals surface area contributed by atoms with Crippen LogP contribution in [0.1, 0.15) is 11.7 Å². The van der Waals surface area contributed by atoms with Crippen LogP contribution in [0.4, 0.5) is 5.82 Å². The molecule has 3 heterocycles. The van der Waals surface area contributed by atoms with E-state index in [0.717, 1.165) is 5.56 Å². The van der Waals surface area contributed by atoms with E-state index in [-0.39, 0.29) is 0 Å². The molecule has 3 rings (SSSR count). The normalized spacial score (nSPS) is 12.5. The predicted molar refractivity (Wildman–Crippen MR) is 71.0 cm³/mol. The number of aliphatic hydroxyl groups is 1. The Morgan fingerprint density at radius 2 is 2.30 bits per heavy atom. The van der Waals surface area contributed by atoms with Crippen LogP contribution in [-0.2, 0) is 0 Å². The Balaban J connectivity index is 1.83. The molecule has 1 unspecified atom stereocenters. The van der Waals surface area contributed by atoms with E-state index in [1.54, 1.807) is 30.9 Å². The van der Waals surface area contributed by atoms with Crippen LogP contribution in [0.3, 0.4) is 0 Å². The van der Waals surface area contributed by atoms with Crippen LogP contribution < -0.4 is 4.90 Å². The van der Waals surface area contributed by atoms with Gasteiger partial charge in [-0.05, 0) is 16.5 Å². The number of tetrazole rings is 1. The number of likely N-dealkylation sites (N-methyl/N-ethyl adjacent to an activating group) is 1. The van der Waals surface area contributed by atoms with E-state index in [0.29, 0.717) is 18.0 Å². The first-order chi connectivity index (χ1) is 9.75. The minimum absolute atomic E-state index is 0.366. The van der Waals surface area contributed by atoms with Crippen LogP contribution in [0.25, 0.3) is 5.65 Å². The van der Waals surface area contributed by atoms with Crippen LogP contribution >= 0.6 is 0 Å². The lowest BCUT2D eigenvalue weighted by Gasteiger charge is -2.21. The van der Waals surface area contributed by atoms with E-state index in [1.807, 2.05) is 18.0 Å². The topological polar surface area (TPSA) is 92.3 Å². The van der Waals surface area contributed by atoms with Gasteiger partial charge in [-0.15, -0.1) is 5.10 Å². The zero-order chi connectivity index (χ0) is 13.9. The number of pyridine rings is 1. The highest BCUT2D eigenvalue weighted by atomic mass is 16.3. The Kier molecular flexibility index (Phi) is 3.21. The Labute approximate surface area is 114 Å². The van der Waals surface area contributed by atoms with E-state index in [1.165, 1.54) is 4.52 Å². The summed E-state index contributed by atoms with van der Waals surface area (Å²) in [5.41, 5.74) is 1.30. The van der Waals surface area contributed by atoms with Gasteiger partial charge in [0.05, 0.1) is 12.3 Å². The summed E-state index contributed by atoms with van der Waals surface area (Å²) in [5.74, 6) is 0.612. The highest BCUT2D eigenvalue weighted by Gasteiger charge is 2.15. The van der Waals surface area contributed by atoms with Gasteiger partial charge in [0.1, 0.15) is 0 Å². The summed E-state index contributed by atoms with van der Waals surface area (Å²) >= 11 is 0. The van der Waals surface area contributed by atoms with Gasteiger partial charge in [-0.2, -0.15) is 4.52 Å². The highest BCUT2D eigenvalue weighted by molar-refractivity contribution is 5.62. The molecule has 1 atom stereocenters. The first-order valence-electron chi connectivity index (χ1n) is 6.07. The Morgan fingerprint density at radius 3 is 3.10 bits per heavy atom. The number of hydrogen-bond acceptors (Lipinski definition) is 7. The molecule has 3 aromatic heterocycles. The van der Waals surface area contributed by atoms with E-state index in [2.05, 4.69) is 25.5 Å². The average molecular weight is 271 g/mol. The summed E-state index contributed by atoms with van der Waals surface area (Å²) in [6, 6.07) is 3.62. The van der Waals surface area contributed by atoms with Crippen molar-refractivity contribution in [3.8, 4) is 0 Å². The largest absolute Gasteiger partial charge is 0.386 e. The number of anilines is 1. The predicted octanol–water partition coefficient (Wildman–Crippen LogP) is 0.0841. The molecule has 8 heteroatoms. The third-order valence-electron chi connectivity index (χ3n) is 2.98. The Morgan fingerprint density at radius 1 is 1.40 bits per heavy atom. The lowest BCUT2D eigenvalue weighted by Crippen LogP contribution is -2.25. The molecule has 1 N–H and O–H groups in total. The minimum Gasteiger partial charge on any atom is -0.386 e. The molecule has 0 saturated heterocycles. The molecule has 3 aromatic rings. The third-order valence-corrected chi connectivity index (χ3v) is 2.98. The lowest BCUT2D eigenvalue weighted by atomic mass is 10.1. The van der Waals surface area contributed by atoms with Crippen LogP contribution in [-0.4, -0.2) is 48.7 Å². The minimum atomic E-state index is -0.661. The van der Waals surface area contributed by atoms with Crippen LogP contribution in [0, 0.1) is 0 Å². The number of nitrogens with zero attached hydrogens (tertiary/aromatic N) is 7. The maximum atomic E-state index is 10.2. The van der Waals surface area contributed by atoms with Crippen molar-refractivity contribution >= 4 is 11.5 Å². The first-order valence-corrected chi connectivity index (χ1v) is 6.07. The summed E-state index contributed by atoms with van der Waals surface area (Å²) in [6.45, 7) is 0.366. The number of hydrogen-bond donors (Lipinski definition) is 1. The van der Waals surface area contributed by atoms with E-state index in [4.69, 9.17) is 0 Å². The van der Waals surface area contributed by atoms with Gasteiger partial charge in [0, 0.05) is 37.7 Å². The highest BCUT2D eigenvalue weighted by Crippen LogP contribution is 2.18. The fourth-order valence-corrected chi connectivity index (χ4v) is 1.96. The summed E-state index contributed by atoms with van der Waals surface area (Å²) in [5, 5.41) is 21.6. The van der Waals surface area contributed by atoms with Crippen LogP contribution in [0.2, 0.25) is 0 Å². The Bertz CT molecular complexity index is 699. The van der Waals surface area contributed by atoms with Crippen molar-refractivity contribution in [2.24, 2.45) is 0 Å². The molecular formula is C12H13N7O. The second-order valence-electron chi connectivity index (χ2n) is 4.38. The molecule has 8 nitrogen and oxygen atoms in total. The molecular weight excluding hydrogens is 258 g/mol. The quantitative estimate of drug-likeness (QED) is 0.718. The molecule has 102 valence electrons. The van der Waals surface area contributed by atoms with Gasteiger partial charge < -0.3 is 10.0 Å². The standard InChI is InChI=1S/C12H13N7O/c1-18(8-10(20)9-3-2-4-13-7-9)11-12-15-16-17-19(12)6-5-14-11/h2-7,10,20H,8H2,1H3. The van der Waals surface area contributed by atoms with Crippen molar-refractivity contribution in [1.29, 1.82) is 0 Å². The summed E-state index contributed by atoms with van der Waals surface area (Å²) in [4.78, 5) is 10.1. The van der Waals surface area contributed by atoms with Gasteiger partial charge in [-0.25, -0.2) is 4.98 Å². The zero-order valence-corrected chi connectivity index (χ0v) is 10.8. The molecule has 0 amide bonds. The number of fused-ring (bicyclic) bond motifs is 1. The SMILES string of the molecule is CN(CC(O)c1cccnc1)c1nccn2nnnc12. The van der Waals surface area contributed by atoms with E-state index < -0.39 is 6.10 Å². The van der Waals surface area contributed by atoms with Crippen molar-refractivity contribution in [2.75, 3.05) is 18.5 Å². The maximum absolute atomic E-state index is 10.2. The van der Waals surface area contributed by atoms with E-state index in [9.17, 15) is 5.11 Å². The lowest BCUT2D eigenvalue weighted by molar-refractivity contribution is 0.184. The van der Waals surface area contributed by atoms with Crippen molar-refractivity contribution in [3.05, 3.63) is 42.5 Å². The molecule has 0 aliphatic carbocycles. The van der Waals surface area contributed by atoms with Gasteiger partial charge in [0.2, 0.25) is 5.65 Å². The van der Waals surface area contributed by atoms with Gasteiger partial charge in [0.15, 0.2) is 5.82 Å². The summed E-state index contributed by atoms with van der Waals surface area (Å²) in [6.07, 6.45) is 5.94. The molecule has 0 spiro atoms. The molecule has 20 heavy (non-hydrogen) atoms. The van der Waals surface area contributed by atoms with Gasteiger partial charge in [0.25, 0.3) is 0 Å². The second kappa shape index (κ2) is 5.17. The van der Waals surface area contributed by atoms with Gasteiger partial charge in [-0.3, -0.25) is 4.98 Å². The second-order valence-corrected chi connectivity index (χ2v) is 4.38. The molecule has 0 radical (unpaired) electrons. The molecule has 0 aromatic carbocycles. The van der Waals surface area contributed by atoms with Crippen molar-refractivity contribution in [1.82, 2.24) is 30.0 Å². The van der Waals surface area contributed by atoms with E-state index >= 15 is 0 Å². The molecule has 0 fully saturated rings. The first kappa shape index (κ1) is 12.4.